The molecule has 0 N–H and O–H groups in total. The molecule has 0 rings (SSSR count). The Hall–Kier alpha value is -0.240. The van der Waals surface area contributed by atoms with Crippen LogP contribution in [0, 0.1) is 5.92 Å². The van der Waals surface area contributed by atoms with Gasteiger partial charge in [-0.3, -0.25) is 0 Å². The van der Waals surface area contributed by atoms with Crippen molar-refractivity contribution in [2.24, 2.45) is 5.92 Å². The number of unbranched alkanes of at least 4 members (excludes halogenated alkanes) is 1. The second-order valence-corrected chi connectivity index (χ2v) is 6.21. The van der Waals surface area contributed by atoms with Crippen LogP contribution in [0.2, 0.25) is 0 Å². The summed E-state index contributed by atoms with van der Waals surface area (Å²) in [4.78, 5) is 0. The Kier molecular flexibility index (Phi) is 21.6. The minimum Gasteiger partial charge on any atom is -0.379 e. The molecular formula is C19H40O6. The molecule has 6 heteroatoms. The van der Waals surface area contributed by atoms with Gasteiger partial charge in [-0.1, -0.05) is 27.2 Å². The Morgan fingerprint density at radius 1 is 0.480 bits per heavy atom. The molecule has 0 heterocycles. The summed E-state index contributed by atoms with van der Waals surface area (Å²) in [7, 11) is 0. The van der Waals surface area contributed by atoms with Crippen molar-refractivity contribution in [3.05, 3.63) is 0 Å². The van der Waals surface area contributed by atoms with E-state index < -0.39 is 0 Å². The molecule has 0 fully saturated rings. The summed E-state index contributed by atoms with van der Waals surface area (Å²) in [6.07, 6.45) is 3.37. The fourth-order valence-corrected chi connectivity index (χ4v) is 1.77. The van der Waals surface area contributed by atoms with Crippen molar-refractivity contribution < 1.29 is 28.4 Å². The van der Waals surface area contributed by atoms with E-state index in [0.717, 1.165) is 32.5 Å². The van der Waals surface area contributed by atoms with Gasteiger partial charge in [0.1, 0.15) is 0 Å². The average Bonchev–Trinajstić information content (AvgIpc) is 2.60. The van der Waals surface area contributed by atoms with E-state index in [4.69, 9.17) is 28.4 Å². The van der Waals surface area contributed by atoms with Crippen LogP contribution in [0.25, 0.3) is 0 Å². The second kappa shape index (κ2) is 21.8. The van der Waals surface area contributed by atoms with Gasteiger partial charge in [0.05, 0.1) is 66.1 Å². The van der Waals surface area contributed by atoms with Crippen LogP contribution in [0.4, 0.5) is 0 Å². The van der Waals surface area contributed by atoms with Crippen molar-refractivity contribution in [3.63, 3.8) is 0 Å². The number of hydrogen-bond donors (Lipinski definition) is 0. The molecule has 0 amide bonds. The fraction of sp³-hybridized carbons (Fsp3) is 1.00. The number of ether oxygens (including phenoxy) is 6. The largest absolute Gasteiger partial charge is 0.379 e. The molecule has 0 saturated heterocycles. The standard InChI is InChI=1S/C19H40O6/c1-4-5-7-20-9-11-22-13-15-24-17-18-25-16-14-23-12-10-21-8-6-19(2)3/h19H,4-18H2,1-3H3. The minimum absolute atomic E-state index is 0.578. The van der Waals surface area contributed by atoms with Gasteiger partial charge in [0, 0.05) is 13.2 Å². The highest BCUT2D eigenvalue weighted by Gasteiger charge is 1.95. The Bertz CT molecular complexity index is 238. The Labute approximate surface area is 154 Å². The lowest BCUT2D eigenvalue weighted by Crippen LogP contribution is -2.14. The fourth-order valence-electron chi connectivity index (χ4n) is 1.77. The highest BCUT2D eigenvalue weighted by molar-refractivity contribution is 4.42. The first-order chi connectivity index (χ1) is 12.3. The van der Waals surface area contributed by atoms with E-state index in [0.29, 0.717) is 72.0 Å². The SMILES string of the molecule is CCCCOCCOCCOCCOCCOCCOCCC(C)C. The summed E-state index contributed by atoms with van der Waals surface area (Å²) < 4.78 is 32.5. The van der Waals surface area contributed by atoms with Crippen LogP contribution < -0.4 is 0 Å². The minimum atomic E-state index is 0.578. The van der Waals surface area contributed by atoms with E-state index in [1.165, 1.54) is 0 Å². The summed E-state index contributed by atoms with van der Waals surface area (Å²) in [5, 5.41) is 0. The molecular weight excluding hydrogens is 324 g/mol. The third-order valence-electron chi connectivity index (χ3n) is 3.34. The predicted octanol–water partition coefficient (Wildman–Crippen LogP) is 2.93. The van der Waals surface area contributed by atoms with Crippen molar-refractivity contribution in [3.8, 4) is 0 Å². The lowest BCUT2D eigenvalue weighted by atomic mass is 10.1. The molecule has 0 aliphatic carbocycles. The molecule has 0 atom stereocenters. The van der Waals surface area contributed by atoms with Crippen molar-refractivity contribution >= 4 is 0 Å². The molecule has 0 bridgehead atoms. The zero-order valence-electron chi connectivity index (χ0n) is 16.6. The van der Waals surface area contributed by atoms with Gasteiger partial charge in [-0.15, -0.1) is 0 Å². The van der Waals surface area contributed by atoms with Crippen LogP contribution in [0.5, 0.6) is 0 Å². The monoisotopic (exact) mass is 364 g/mol. The van der Waals surface area contributed by atoms with E-state index in [2.05, 4.69) is 20.8 Å². The Balaban J connectivity index is 2.96. The van der Waals surface area contributed by atoms with E-state index in [1.54, 1.807) is 0 Å². The van der Waals surface area contributed by atoms with Gasteiger partial charge in [-0.05, 0) is 18.8 Å². The van der Waals surface area contributed by atoms with Gasteiger partial charge in [0.2, 0.25) is 0 Å². The molecule has 0 aromatic rings. The normalized spacial score (nSPS) is 11.5. The van der Waals surface area contributed by atoms with E-state index in [1.807, 2.05) is 0 Å². The van der Waals surface area contributed by atoms with Gasteiger partial charge in [0.15, 0.2) is 0 Å². The smallest absolute Gasteiger partial charge is 0.0701 e. The topological polar surface area (TPSA) is 55.4 Å². The quantitative estimate of drug-likeness (QED) is 0.292. The zero-order chi connectivity index (χ0) is 18.4. The average molecular weight is 365 g/mol. The maximum atomic E-state index is 5.46. The zero-order valence-corrected chi connectivity index (χ0v) is 16.6. The van der Waals surface area contributed by atoms with Crippen molar-refractivity contribution in [2.75, 3.05) is 79.3 Å². The van der Waals surface area contributed by atoms with E-state index in [9.17, 15) is 0 Å². The van der Waals surface area contributed by atoms with Gasteiger partial charge >= 0.3 is 0 Å². The van der Waals surface area contributed by atoms with Crippen LogP contribution in [-0.2, 0) is 28.4 Å². The van der Waals surface area contributed by atoms with Gasteiger partial charge in [-0.2, -0.15) is 0 Å². The molecule has 152 valence electrons. The first kappa shape index (κ1) is 24.8. The summed E-state index contributed by atoms with van der Waals surface area (Å²) >= 11 is 0. The van der Waals surface area contributed by atoms with Gasteiger partial charge in [0.25, 0.3) is 0 Å². The van der Waals surface area contributed by atoms with Crippen LogP contribution in [0.15, 0.2) is 0 Å². The molecule has 0 saturated carbocycles. The molecule has 6 nitrogen and oxygen atoms in total. The highest BCUT2D eigenvalue weighted by atomic mass is 16.6. The van der Waals surface area contributed by atoms with Crippen molar-refractivity contribution in [1.29, 1.82) is 0 Å². The molecule has 0 aromatic heterocycles. The van der Waals surface area contributed by atoms with E-state index >= 15 is 0 Å². The Morgan fingerprint density at radius 2 is 0.800 bits per heavy atom. The molecule has 25 heavy (non-hydrogen) atoms. The third-order valence-corrected chi connectivity index (χ3v) is 3.34. The van der Waals surface area contributed by atoms with Crippen molar-refractivity contribution in [2.45, 2.75) is 40.0 Å². The first-order valence-electron chi connectivity index (χ1n) is 9.73. The maximum absolute atomic E-state index is 5.46. The molecule has 0 spiro atoms. The molecule has 0 unspecified atom stereocenters. The molecule has 0 aromatic carbocycles. The van der Waals surface area contributed by atoms with Crippen LogP contribution in [0.1, 0.15) is 40.0 Å². The van der Waals surface area contributed by atoms with Gasteiger partial charge in [-0.25, -0.2) is 0 Å². The molecule has 0 aliphatic heterocycles. The highest BCUT2D eigenvalue weighted by Crippen LogP contribution is 1.98. The van der Waals surface area contributed by atoms with Crippen molar-refractivity contribution in [1.82, 2.24) is 0 Å². The van der Waals surface area contributed by atoms with Crippen LogP contribution >= 0.6 is 0 Å². The molecule has 0 aliphatic rings. The Morgan fingerprint density at radius 3 is 1.12 bits per heavy atom. The summed E-state index contributed by atoms with van der Waals surface area (Å²) in [5.74, 6) is 0.688. The van der Waals surface area contributed by atoms with E-state index in [-0.39, 0.29) is 0 Å². The first-order valence-corrected chi connectivity index (χ1v) is 9.73. The number of rotatable bonds is 21. The van der Waals surface area contributed by atoms with Gasteiger partial charge < -0.3 is 28.4 Å². The predicted molar refractivity (Wildman–Crippen MR) is 99.3 cm³/mol. The van der Waals surface area contributed by atoms with Crippen LogP contribution in [0.3, 0.4) is 0 Å². The lowest BCUT2D eigenvalue weighted by Gasteiger charge is -2.08. The number of hydrogen-bond acceptors (Lipinski definition) is 6. The lowest BCUT2D eigenvalue weighted by molar-refractivity contribution is -0.0171. The van der Waals surface area contributed by atoms with Crippen LogP contribution in [-0.4, -0.2) is 79.3 Å². The molecule has 0 radical (unpaired) electrons. The summed E-state index contributed by atoms with van der Waals surface area (Å²) in [5.41, 5.74) is 0. The maximum Gasteiger partial charge on any atom is 0.0701 e. The summed E-state index contributed by atoms with van der Waals surface area (Å²) in [6, 6.07) is 0. The summed E-state index contributed by atoms with van der Waals surface area (Å²) in [6.45, 7) is 14.2. The second-order valence-electron chi connectivity index (χ2n) is 6.21. The third kappa shape index (κ3) is 23.8.